The molecule has 2 aromatic carbocycles. The summed E-state index contributed by atoms with van der Waals surface area (Å²) in [5.74, 6) is 1.48. The molecular weight excluding hydrogens is 362 g/mol. The summed E-state index contributed by atoms with van der Waals surface area (Å²) in [6.07, 6.45) is 7.78. The normalized spacial score (nSPS) is 10.7. The van der Waals surface area contributed by atoms with E-state index in [2.05, 4.69) is 25.7 Å². The first-order valence-corrected chi connectivity index (χ1v) is 10.2. The van der Waals surface area contributed by atoms with Crippen LogP contribution in [0, 0.1) is 0 Å². The molecule has 0 fully saturated rings. The molecular formula is C25H31NO3. The van der Waals surface area contributed by atoms with Crippen LogP contribution in [0.1, 0.15) is 48.2 Å². The lowest BCUT2D eigenvalue weighted by atomic mass is 10.0. The smallest absolute Gasteiger partial charge is 0.185 e. The summed E-state index contributed by atoms with van der Waals surface area (Å²) in [5.41, 5.74) is 3.50. The SMILES string of the molecule is C=CCc1cc(/C=C/C(=O)c2ccc(NC)cc2)c(OCCC)cc1OCCC. The molecule has 0 radical (unpaired) electrons. The molecule has 4 nitrogen and oxygen atoms in total. The molecule has 4 heteroatoms. The minimum atomic E-state index is -0.0503. The van der Waals surface area contributed by atoms with Crippen LogP contribution in [-0.4, -0.2) is 26.0 Å². The van der Waals surface area contributed by atoms with E-state index in [1.165, 1.54) is 0 Å². The number of ketones is 1. The topological polar surface area (TPSA) is 47.6 Å². The van der Waals surface area contributed by atoms with Crippen LogP contribution < -0.4 is 14.8 Å². The van der Waals surface area contributed by atoms with Crippen molar-refractivity contribution in [1.29, 1.82) is 0 Å². The summed E-state index contributed by atoms with van der Waals surface area (Å²) < 4.78 is 11.8. The first-order chi connectivity index (χ1) is 14.1. The Morgan fingerprint density at radius 1 is 1.03 bits per heavy atom. The number of benzene rings is 2. The van der Waals surface area contributed by atoms with Crippen molar-refractivity contribution in [1.82, 2.24) is 0 Å². The van der Waals surface area contributed by atoms with E-state index in [1.54, 1.807) is 6.08 Å². The van der Waals surface area contributed by atoms with E-state index in [9.17, 15) is 4.79 Å². The van der Waals surface area contributed by atoms with Crippen molar-refractivity contribution >= 4 is 17.5 Å². The van der Waals surface area contributed by atoms with Gasteiger partial charge in [-0.1, -0.05) is 19.9 Å². The molecule has 0 saturated carbocycles. The molecule has 0 aromatic heterocycles. The van der Waals surface area contributed by atoms with Crippen molar-refractivity contribution in [3.8, 4) is 11.5 Å². The third-order valence-corrected chi connectivity index (χ3v) is 4.35. The van der Waals surface area contributed by atoms with Gasteiger partial charge in [-0.25, -0.2) is 0 Å². The number of carbonyl (C=O) groups excluding carboxylic acids is 1. The summed E-state index contributed by atoms with van der Waals surface area (Å²) >= 11 is 0. The summed E-state index contributed by atoms with van der Waals surface area (Å²) in [4.78, 5) is 12.6. The van der Waals surface area contributed by atoms with Gasteiger partial charge in [0.2, 0.25) is 0 Å². The number of rotatable bonds is 12. The average molecular weight is 394 g/mol. The first-order valence-electron chi connectivity index (χ1n) is 10.2. The molecule has 0 heterocycles. The minimum absolute atomic E-state index is 0.0503. The number of ether oxygens (including phenoxy) is 2. The molecule has 2 rings (SSSR count). The number of allylic oxidation sites excluding steroid dienone is 2. The maximum Gasteiger partial charge on any atom is 0.185 e. The van der Waals surface area contributed by atoms with Crippen LogP contribution in [0.3, 0.4) is 0 Å². The quantitative estimate of drug-likeness (QED) is 0.276. The Morgan fingerprint density at radius 2 is 1.69 bits per heavy atom. The monoisotopic (exact) mass is 393 g/mol. The molecule has 2 aromatic rings. The fraction of sp³-hybridized carbons (Fsp3) is 0.320. The van der Waals surface area contributed by atoms with Crippen molar-refractivity contribution in [3.05, 3.63) is 71.8 Å². The summed E-state index contributed by atoms with van der Waals surface area (Å²) in [5, 5.41) is 3.05. The zero-order chi connectivity index (χ0) is 21.1. The van der Waals surface area contributed by atoms with Gasteiger partial charge in [0.25, 0.3) is 0 Å². The Balaban J connectivity index is 2.33. The zero-order valence-corrected chi connectivity index (χ0v) is 17.7. The van der Waals surface area contributed by atoms with E-state index in [4.69, 9.17) is 9.47 Å². The van der Waals surface area contributed by atoms with Crippen molar-refractivity contribution in [2.45, 2.75) is 33.1 Å². The van der Waals surface area contributed by atoms with Crippen LogP contribution in [0.15, 0.2) is 55.1 Å². The Bertz CT molecular complexity index is 838. The molecule has 0 unspecified atom stereocenters. The van der Waals surface area contributed by atoms with E-state index in [0.717, 1.165) is 41.2 Å². The highest BCUT2D eigenvalue weighted by molar-refractivity contribution is 6.07. The molecule has 0 aliphatic rings. The maximum absolute atomic E-state index is 12.6. The fourth-order valence-electron chi connectivity index (χ4n) is 2.82. The molecule has 0 aliphatic carbocycles. The Hall–Kier alpha value is -3.01. The van der Waals surface area contributed by atoms with Gasteiger partial charge in [-0.05, 0) is 67.3 Å². The number of hydrogen-bond acceptors (Lipinski definition) is 4. The van der Waals surface area contributed by atoms with Crippen LogP contribution in [0.2, 0.25) is 0 Å². The number of hydrogen-bond donors (Lipinski definition) is 1. The van der Waals surface area contributed by atoms with Gasteiger partial charge in [-0.15, -0.1) is 6.58 Å². The van der Waals surface area contributed by atoms with E-state index in [-0.39, 0.29) is 5.78 Å². The van der Waals surface area contributed by atoms with Gasteiger partial charge in [0.05, 0.1) is 13.2 Å². The van der Waals surface area contributed by atoms with E-state index < -0.39 is 0 Å². The van der Waals surface area contributed by atoms with Crippen LogP contribution in [0.4, 0.5) is 5.69 Å². The van der Waals surface area contributed by atoms with Crippen molar-refractivity contribution < 1.29 is 14.3 Å². The van der Waals surface area contributed by atoms with Gasteiger partial charge < -0.3 is 14.8 Å². The second-order valence-corrected chi connectivity index (χ2v) is 6.71. The molecule has 0 spiro atoms. The molecule has 0 aliphatic heterocycles. The second kappa shape index (κ2) is 11.7. The Kier molecular flexibility index (Phi) is 9.03. The lowest BCUT2D eigenvalue weighted by Crippen LogP contribution is -2.03. The maximum atomic E-state index is 12.6. The van der Waals surface area contributed by atoms with Crippen LogP contribution in [0.25, 0.3) is 6.08 Å². The predicted molar refractivity (Wildman–Crippen MR) is 121 cm³/mol. The highest BCUT2D eigenvalue weighted by Crippen LogP contribution is 2.31. The Morgan fingerprint density at radius 3 is 2.28 bits per heavy atom. The van der Waals surface area contributed by atoms with Crippen LogP contribution >= 0.6 is 0 Å². The molecule has 0 amide bonds. The van der Waals surface area contributed by atoms with E-state index in [1.807, 2.05) is 55.6 Å². The highest BCUT2D eigenvalue weighted by Gasteiger charge is 2.11. The van der Waals surface area contributed by atoms with E-state index >= 15 is 0 Å². The van der Waals surface area contributed by atoms with Gasteiger partial charge in [0.15, 0.2) is 5.78 Å². The number of nitrogens with one attached hydrogen (secondary N) is 1. The van der Waals surface area contributed by atoms with Gasteiger partial charge >= 0.3 is 0 Å². The van der Waals surface area contributed by atoms with Gasteiger partial charge in [-0.3, -0.25) is 4.79 Å². The summed E-state index contributed by atoms with van der Waals surface area (Å²) in [7, 11) is 1.85. The molecule has 0 atom stereocenters. The molecule has 0 saturated heterocycles. The molecule has 29 heavy (non-hydrogen) atoms. The Labute approximate surface area is 174 Å². The molecule has 154 valence electrons. The highest BCUT2D eigenvalue weighted by atomic mass is 16.5. The van der Waals surface area contributed by atoms with Crippen molar-refractivity contribution in [3.63, 3.8) is 0 Å². The third kappa shape index (κ3) is 6.53. The largest absolute Gasteiger partial charge is 0.493 e. The minimum Gasteiger partial charge on any atom is -0.493 e. The second-order valence-electron chi connectivity index (χ2n) is 6.71. The lowest BCUT2D eigenvalue weighted by molar-refractivity contribution is 0.104. The molecule has 0 bridgehead atoms. The van der Waals surface area contributed by atoms with Crippen molar-refractivity contribution in [2.75, 3.05) is 25.6 Å². The zero-order valence-electron chi connectivity index (χ0n) is 17.7. The third-order valence-electron chi connectivity index (χ3n) is 4.35. The average Bonchev–Trinajstić information content (AvgIpc) is 2.75. The van der Waals surface area contributed by atoms with Crippen LogP contribution in [0.5, 0.6) is 11.5 Å². The summed E-state index contributed by atoms with van der Waals surface area (Å²) in [6.45, 7) is 9.24. The van der Waals surface area contributed by atoms with Gasteiger partial charge in [-0.2, -0.15) is 0 Å². The number of anilines is 1. The predicted octanol–water partition coefficient (Wildman–Crippen LogP) is 5.93. The van der Waals surface area contributed by atoms with Crippen LogP contribution in [-0.2, 0) is 6.42 Å². The number of carbonyl (C=O) groups is 1. The van der Waals surface area contributed by atoms with Crippen molar-refractivity contribution in [2.24, 2.45) is 0 Å². The lowest BCUT2D eigenvalue weighted by Gasteiger charge is -2.15. The fourth-order valence-corrected chi connectivity index (χ4v) is 2.82. The molecule has 1 N–H and O–H groups in total. The standard InChI is InChI=1S/C25H31NO3/c1-5-8-20-17-21(25(29-16-7-3)18-24(20)28-15-6-2)11-14-23(27)19-9-12-22(26-4)13-10-19/h5,9-14,17-18,26H,1,6-8,15-16H2,2-4H3/b14-11+. The van der Waals surface area contributed by atoms with Gasteiger partial charge in [0, 0.05) is 29.9 Å². The van der Waals surface area contributed by atoms with Gasteiger partial charge in [0.1, 0.15) is 11.5 Å². The summed E-state index contributed by atoms with van der Waals surface area (Å²) in [6, 6.07) is 11.4. The first kappa shape index (κ1) is 22.3. The van der Waals surface area contributed by atoms with E-state index in [0.29, 0.717) is 25.2 Å².